The third-order valence-electron chi connectivity index (χ3n) is 5.41. The topological polar surface area (TPSA) is 48.0 Å². The Morgan fingerprint density at radius 3 is 2.65 bits per heavy atom. The molecule has 3 heterocycles. The van der Waals surface area contributed by atoms with E-state index in [2.05, 4.69) is 0 Å². The molecule has 3 aliphatic heterocycles. The van der Waals surface area contributed by atoms with E-state index in [1.165, 1.54) is 0 Å². The van der Waals surface area contributed by atoms with Crippen LogP contribution in [0.3, 0.4) is 0 Å². The van der Waals surface area contributed by atoms with Crippen molar-refractivity contribution >= 4 is 11.6 Å². The van der Waals surface area contributed by atoms with Crippen LogP contribution in [0.4, 0.5) is 10.1 Å². The number of alkyl halides is 1. The van der Waals surface area contributed by atoms with Gasteiger partial charge in [-0.3, -0.25) is 9.18 Å². The van der Waals surface area contributed by atoms with Crippen LogP contribution in [0.2, 0.25) is 0 Å². The summed E-state index contributed by atoms with van der Waals surface area (Å²) in [7, 11) is 0. The van der Waals surface area contributed by atoms with Crippen molar-refractivity contribution in [2.75, 3.05) is 31.5 Å². The second kappa shape index (κ2) is 5.62. The molecule has 6 heteroatoms. The van der Waals surface area contributed by atoms with Crippen LogP contribution in [0.15, 0.2) is 36.4 Å². The first-order chi connectivity index (χ1) is 12.8. The molecule has 1 atom stereocenters. The molecule has 2 aromatic carbocycles. The molecule has 3 aliphatic rings. The van der Waals surface area contributed by atoms with Gasteiger partial charge in [-0.05, 0) is 30.5 Å². The number of carbonyl (C=O) groups excluding carboxylic acids is 1. The summed E-state index contributed by atoms with van der Waals surface area (Å²) in [6, 6.07) is 11.4. The Balaban J connectivity index is 1.63. The second-order valence-corrected chi connectivity index (χ2v) is 6.77. The number of para-hydroxylation sites is 1. The standard InChI is InChI=1S/C20H18FNO4/c21-7-3-4-8-22-15-6-2-1-5-13(15)20(19(22)23)11-24-16-10-18-17(9-14(16)20)25-12-26-18/h1-2,5-6,9-10H,3-4,7-8,11-12H2. The molecule has 0 aromatic heterocycles. The number of halogens is 1. The highest BCUT2D eigenvalue weighted by atomic mass is 19.1. The van der Waals surface area contributed by atoms with Gasteiger partial charge in [0.15, 0.2) is 11.5 Å². The Morgan fingerprint density at radius 2 is 1.81 bits per heavy atom. The van der Waals surface area contributed by atoms with E-state index < -0.39 is 5.41 Å². The third-order valence-corrected chi connectivity index (χ3v) is 5.41. The first kappa shape index (κ1) is 15.5. The maximum absolute atomic E-state index is 13.5. The van der Waals surface area contributed by atoms with Crippen LogP contribution in [-0.2, 0) is 10.2 Å². The van der Waals surface area contributed by atoms with E-state index >= 15 is 0 Å². The van der Waals surface area contributed by atoms with Gasteiger partial charge in [0.25, 0.3) is 0 Å². The van der Waals surface area contributed by atoms with Crippen LogP contribution >= 0.6 is 0 Å². The van der Waals surface area contributed by atoms with Crippen molar-refractivity contribution in [3.63, 3.8) is 0 Å². The Labute approximate surface area is 150 Å². The van der Waals surface area contributed by atoms with E-state index in [9.17, 15) is 9.18 Å². The van der Waals surface area contributed by atoms with Crippen LogP contribution in [0.1, 0.15) is 24.0 Å². The van der Waals surface area contributed by atoms with Crippen LogP contribution < -0.4 is 19.1 Å². The average molecular weight is 355 g/mol. The molecule has 0 saturated carbocycles. The molecule has 1 amide bonds. The fourth-order valence-corrected chi connectivity index (χ4v) is 4.15. The molecule has 0 aliphatic carbocycles. The number of nitrogens with zero attached hydrogens (tertiary/aromatic N) is 1. The van der Waals surface area contributed by atoms with Crippen molar-refractivity contribution in [3.8, 4) is 17.2 Å². The van der Waals surface area contributed by atoms with Crippen molar-refractivity contribution in [2.45, 2.75) is 18.3 Å². The zero-order valence-electron chi connectivity index (χ0n) is 14.2. The minimum atomic E-state index is -0.872. The fourth-order valence-electron chi connectivity index (χ4n) is 4.15. The smallest absolute Gasteiger partial charge is 0.245 e. The summed E-state index contributed by atoms with van der Waals surface area (Å²) in [5.74, 6) is 1.91. The van der Waals surface area contributed by atoms with Gasteiger partial charge in [-0.15, -0.1) is 0 Å². The summed E-state index contributed by atoms with van der Waals surface area (Å²) < 4.78 is 29.4. The van der Waals surface area contributed by atoms with Crippen LogP contribution in [0.25, 0.3) is 0 Å². The average Bonchev–Trinajstić information content (AvgIpc) is 3.33. The predicted octanol–water partition coefficient (Wildman–Crippen LogP) is 3.19. The van der Waals surface area contributed by atoms with Crippen molar-refractivity contribution in [2.24, 2.45) is 0 Å². The second-order valence-electron chi connectivity index (χ2n) is 6.77. The molecular formula is C20H18FNO4. The molecule has 0 N–H and O–H groups in total. The molecule has 0 fully saturated rings. The number of benzene rings is 2. The summed E-state index contributed by atoms with van der Waals surface area (Å²) in [5.41, 5.74) is 1.75. The van der Waals surface area contributed by atoms with E-state index in [1.807, 2.05) is 30.3 Å². The maximum Gasteiger partial charge on any atom is 0.245 e. The lowest BCUT2D eigenvalue weighted by Gasteiger charge is -2.23. The molecule has 1 unspecified atom stereocenters. The summed E-state index contributed by atoms with van der Waals surface area (Å²) in [5, 5.41) is 0. The lowest BCUT2D eigenvalue weighted by Crippen LogP contribution is -2.42. The highest BCUT2D eigenvalue weighted by Gasteiger charge is 2.57. The number of rotatable bonds is 4. The monoisotopic (exact) mass is 355 g/mol. The number of ether oxygens (including phenoxy) is 3. The first-order valence-corrected chi connectivity index (χ1v) is 8.80. The summed E-state index contributed by atoms with van der Waals surface area (Å²) >= 11 is 0. The molecule has 1 spiro atoms. The molecule has 5 nitrogen and oxygen atoms in total. The number of amides is 1. The van der Waals surface area contributed by atoms with Crippen molar-refractivity contribution < 1.29 is 23.4 Å². The van der Waals surface area contributed by atoms with Gasteiger partial charge >= 0.3 is 0 Å². The molecule has 26 heavy (non-hydrogen) atoms. The van der Waals surface area contributed by atoms with Crippen LogP contribution in [0, 0.1) is 0 Å². The van der Waals surface area contributed by atoms with Crippen molar-refractivity contribution in [3.05, 3.63) is 47.5 Å². The Kier molecular flexibility index (Phi) is 3.35. The largest absolute Gasteiger partial charge is 0.491 e. The zero-order chi connectivity index (χ0) is 17.7. The predicted molar refractivity (Wildman–Crippen MR) is 92.8 cm³/mol. The SMILES string of the molecule is O=C1N(CCCCF)c2ccccc2C12COc1cc3c(cc12)OCO3. The van der Waals surface area contributed by atoms with E-state index in [0.717, 1.165) is 16.8 Å². The first-order valence-electron chi connectivity index (χ1n) is 8.80. The Bertz CT molecular complexity index is 899. The molecule has 0 radical (unpaired) electrons. The third kappa shape index (κ3) is 1.92. The van der Waals surface area contributed by atoms with Gasteiger partial charge < -0.3 is 19.1 Å². The lowest BCUT2D eigenvalue weighted by molar-refractivity contribution is -0.122. The van der Waals surface area contributed by atoms with Crippen LogP contribution in [-0.4, -0.2) is 32.5 Å². The molecule has 2 aromatic rings. The molecule has 5 rings (SSSR count). The number of anilines is 1. The summed E-state index contributed by atoms with van der Waals surface area (Å²) in [4.78, 5) is 15.3. The summed E-state index contributed by atoms with van der Waals surface area (Å²) in [6.45, 7) is 0.553. The number of unbranched alkanes of at least 4 members (excludes halogenated alkanes) is 1. The minimum Gasteiger partial charge on any atom is -0.491 e. The van der Waals surface area contributed by atoms with Crippen molar-refractivity contribution in [1.29, 1.82) is 0 Å². The number of hydrogen-bond donors (Lipinski definition) is 0. The highest BCUT2D eigenvalue weighted by molar-refractivity contribution is 6.11. The Hall–Kier alpha value is -2.76. The lowest BCUT2D eigenvalue weighted by atomic mass is 9.77. The summed E-state index contributed by atoms with van der Waals surface area (Å²) in [6.07, 6.45) is 1.08. The Morgan fingerprint density at radius 1 is 1.00 bits per heavy atom. The van der Waals surface area contributed by atoms with Gasteiger partial charge in [0.05, 0.1) is 6.67 Å². The van der Waals surface area contributed by atoms with Gasteiger partial charge in [-0.1, -0.05) is 18.2 Å². The number of carbonyl (C=O) groups is 1. The molecule has 0 saturated heterocycles. The molecular weight excluding hydrogens is 337 g/mol. The van der Waals surface area contributed by atoms with Crippen molar-refractivity contribution in [1.82, 2.24) is 0 Å². The molecule has 134 valence electrons. The van der Waals surface area contributed by atoms with E-state index in [1.54, 1.807) is 11.0 Å². The van der Waals surface area contributed by atoms with E-state index in [4.69, 9.17) is 14.2 Å². The van der Waals surface area contributed by atoms with Gasteiger partial charge in [-0.2, -0.15) is 0 Å². The quantitative estimate of drug-likeness (QED) is 0.791. The number of hydrogen-bond acceptors (Lipinski definition) is 4. The number of fused-ring (bicyclic) bond motifs is 5. The van der Waals surface area contributed by atoms with Gasteiger partial charge in [0, 0.05) is 23.9 Å². The van der Waals surface area contributed by atoms with E-state index in [-0.39, 0.29) is 26.0 Å². The maximum atomic E-state index is 13.5. The van der Waals surface area contributed by atoms with E-state index in [0.29, 0.717) is 36.6 Å². The normalized spacial score (nSPS) is 21.9. The molecule has 0 bridgehead atoms. The minimum absolute atomic E-state index is 0.0184. The van der Waals surface area contributed by atoms with Gasteiger partial charge in [-0.25, -0.2) is 0 Å². The van der Waals surface area contributed by atoms with Crippen LogP contribution in [0.5, 0.6) is 17.2 Å². The zero-order valence-corrected chi connectivity index (χ0v) is 14.2. The van der Waals surface area contributed by atoms with Gasteiger partial charge in [0.2, 0.25) is 12.7 Å². The van der Waals surface area contributed by atoms with Gasteiger partial charge in [0.1, 0.15) is 17.8 Å². The fraction of sp³-hybridized carbons (Fsp3) is 0.350. The highest BCUT2D eigenvalue weighted by Crippen LogP contribution is 2.54.